The molecule has 0 bridgehead atoms. The average molecular weight is 379 g/mol. The molecule has 0 saturated carbocycles. The molecule has 0 spiro atoms. The van der Waals surface area contributed by atoms with Crippen LogP contribution in [0.1, 0.15) is 13.8 Å². The first-order valence-corrected chi connectivity index (χ1v) is 9.22. The Balaban J connectivity index is 2.38. The zero-order valence-corrected chi connectivity index (χ0v) is 14.9. The summed E-state index contributed by atoms with van der Waals surface area (Å²) in [5.74, 6) is 4.40. The van der Waals surface area contributed by atoms with Crippen LogP contribution in [-0.2, 0) is 10.1 Å². The summed E-state index contributed by atoms with van der Waals surface area (Å²) in [6.07, 6.45) is -0.454. The zero-order chi connectivity index (χ0) is 17.4. The lowest BCUT2D eigenvalue weighted by Gasteiger charge is -2.42. The summed E-state index contributed by atoms with van der Waals surface area (Å²) in [6, 6.07) is 3.19. The minimum atomic E-state index is -4.13. The SMILES string of the molecule is CC[N+]1([O-])c2cc(Cl)c(Cl)cc2N(CC#CCS(=O)(=O)O)C1C. The van der Waals surface area contributed by atoms with E-state index < -0.39 is 26.7 Å². The molecule has 1 aliphatic heterocycles. The van der Waals surface area contributed by atoms with Crippen molar-refractivity contribution in [2.24, 2.45) is 0 Å². The van der Waals surface area contributed by atoms with E-state index in [2.05, 4.69) is 11.8 Å². The van der Waals surface area contributed by atoms with Gasteiger partial charge in [0.05, 0.1) is 23.1 Å². The number of hydrogen-bond acceptors (Lipinski definition) is 4. The van der Waals surface area contributed by atoms with Crippen molar-refractivity contribution in [2.75, 3.05) is 23.7 Å². The minimum Gasteiger partial charge on any atom is -0.626 e. The van der Waals surface area contributed by atoms with Crippen molar-refractivity contribution < 1.29 is 13.0 Å². The Morgan fingerprint density at radius 3 is 2.52 bits per heavy atom. The van der Waals surface area contributed by atoms with Crippen LogP contribution < -0.4 is 9.55 Å². The topological polar surface area (TPSA) is 80.7 Å². The van der Waals surface area contributed by atoms with Crippen molar-refractivity contribution in [2.45, 2.75) is 20.0 Å². The second-order valence-corrected chi connectivity index (χ2v) is 7.47. The molecular formula is C14H16Cl2N2O4S. The number of anilines is 1. The van der Waals surface area contributed by atoms with Crippen LogP contribution in [0.4, 0.5) is 11.4 Å². The van der Waals surface area contributed by atoms with Gasteiger partial charge in [-0.15, -0.1) is 0 Å². The largest absolute Gasteiger partial charge is 0.626 e. The predicted octanol–water partition coefficient (Wildman–Crippen LogP) is 2.88. The van der Waals surface area contributed by atoms with E-state index in [1.165, 1.54) is 0 Å². The van der Waals surface area contributed by atoms with Gasteiger partial charge in [-0.1, -0.05) is 35.0 Å². The van der Waals surface area contributed by atoms with E-state index in [4.69, 9.17) is 27.8 Å². The molecule has 0 amide bonds. The number of nitrogens with zero attached hydrogens (tertiary/aromatic N) is 2. The van der Waals surface area contributed by atoms with Gasteiger partial charge < -0.3 is 14.8 Å². The van der Waals surface area contributed by atoms with Crippen LogP contribution in [0.3, 0.4) is 0 Å². The van der Waals surface area contributed by atoms with Gasteiger partial charge in [-0.25, -0.2) is 0 Å². The van der Waals surface area contributed by atoms with Gasteiger partial charge in [-0.2, -0.15) is 8.42 Å². The number of hydrogen-bond donors (Lipinski definition) is 1. The Kier molecular flexibility index (Phi) is 5.16. The van der Waals surface area contributed by atoms with Gasteiger partial charge in [0.2, 0.25) is 0 Å². The van der Waals surface area contributed by atoms with Crippen molar-refractivity contribution in [3.05, 3.63) is 27.4 Å². The number of benzene rings is 1. The second kappa shape index (κ2) is 6.48. The first kappa shape index (κ1) is 18.3. The molecule has 1 N–H and O–H groups in total. The second-order valence-electron chi connectivity index (χ2n) is 5.21. The molecule has 23 heavy (non-hydrogen) atoms. The standard InChI is InChI=1S/C14H16Cl2N2O4S/c1-3-18(19)10(2)17(6-4-5-7-23(20,21)22)13-8-11(15)12(16)9-14(13)18/h8-10H,3,6-7H2,1-2H3,(H,20,21,22). The predicted molar refractivity (Wildman–Crippen MR) is 93.2 cm³/mol. The average Bonchev–Trinajstić information content (AvgIpc) is 2.65. The molecule has 1 heterocycles. The summed E-state index contributed by atoms with van der Waals surface area (Å²) >= 11 is 12.1. The first-order chi connectivity index (χ1) is 10.6. The van der Waals surface area contributed by atoms with Gasteiger partial charge in [0.1, 0.15) is 11.4 Å². The lowest BCUT2D eigenvalue weighted by molar-refractivity contribution is 0.324. The van der Waals surface area contributed by atoms with Gasteiger partial charge in [-0.05, 0) is 13.0 Å². The third-order valence-electron chi connectivity index (χ3n) is 3.89. The van der Waals surface area contributed by atoms with E-state index in [9.17, 15) is 13.6 Å². The van der Waals surface area contributed by atoms with Crippen molar-refractivity contribution >= 4 is 44.7 Å². The first-order valence-electron chi connectivity index (χ1n) is 6.86. The molecule has 0 aliphatic carbocycles. The lowest BCUT2D eigenvalue weighted by Crippen LogP contribution is -2.53. The zero-order valence-electron chi connectivity index (χ0n) is 12.6. The summed E-state index contributed by atoms with van der Waals surface area (Å²) in [6.45, 7) is 4.00. The molecule has 6 nitrogen and oxygen atoms in total. The minimum absolute atomic E-state index is 0.143. The normalized spacial score (nSPS) is 23.4. The maximum atomic E-state index is 13.1. The van der Waals surface area contributed by atoms with Gasteiger partial charge in [0.15, 0.2) is 11.9 Å². The molecule has 2 unspecified atom stereocenters. The van der Waals surface area contributed by atoms with Gasteiger partial charge in [0.25, 0.3) is 10.1 Å². The highest BCUT2D eigenvalue weighted by atomic mass is 35.5. The maximum absolute atomic E-state index is 13.1. The number of fused-ring (bicyclic) bond motifs is 1. The Morgan fingerprint density at radius 1 is 1.35 bits per heavy atom. The molecular weight excluding hydrogens is 363 g/mol. The molecule has 2 atom stereocenters. The van der Waals surface area contributed by atoms with Crippen LogP contribution in [0.5, 0.6) is 0 Å². The van der Waals surface area contributed by atoms with E-state index in [0.29, 0.717) is 28.0 Å². The number of halogens is 2. The number of quaternary nitrogens is 1. The molecule has 0 fully saturated rings. The van der Waals surface area contributed by atoms with Crippen LogP contribution in [0, 0.1) is 17.0 Å². The molecule has 0 saturated heterocycles. The smallest absolute Gasteiger partial charge is 0.276 e. The van der Waals surface area contributed by atoms with Gasteiger partial charge in [0, 0.05) is 13.0 Å². The summed E-state index contributed by atoms with van der Waals surface area (Å²) in [4.78, 5) is 1.75. The van der Waals surface area contributed by atoms with E-state index in [-0.39, 0.29) is 6.54 Å². The Morgan fingerprint density at radius 2 is 1.96 bits per heavy atom. The van der Waals surface area contributed by atoms with Crippen molar-refractivity contribution in [1.29, 1.82) is 0 Å². The van der Waals surface area contributed by atoms with Crippen LogP contribution in [0.15, 0.2) is 12.1 Å². The highest BCUT2D eigenvalue weighted by Crippen LogP contribution is 2.47. The van der Waals surface area contributed by atoms with Crippen LogP contribution in [0.2, 0.25) is 10.0 Å². The van der Waals surface area contributed by atoms with Crippen LogP contribution >= 0.6 is 23.2 Å². The molecule has 1 aromatic carbocycles. The molecule has 9 heteroatoms. The molecule has 126 valence electrons. The molecule has 0 radical (unpaired) electrons. The Labute approximate surface area is 145 Å². The molecule has 0 aromatic heterocycles. The fourth-order valence-electron chi connectivity index (χ4n) is 2.62. The van der Waals surface area contributed by atoms with Crippen LogP contribution in [0.25, 0.3) is 0 Å². The Bertz CT molecular complexity index is 788. The summed E-state index contributed by atoms with van der Waals surface area (Å²) in [5.41, 5.74) is 1.14. The van der Waals surface area contributed by atoms with E-state index in [1.807, 2.05) is 0 Å². The van der Waals surface area contributed by atoms with Crippen molar-refractivity contribution in [1.82, 2.24) is 4.65 Å². The summed E-state index contributed by atoms with van der Waals surface area (Å²) in [7, 11) is -4.13. The molecule has 2 rings (SSSR count). The monoisotopic (exact) mass is 378 g/mol. The highest BCUT2D eigenvalue weighted by molar-refractivity contribution is 7.86. The van der Waals surface area contributed by atoms with E-state index in [1.54, 1.807) is 30.9 Å². The fourth-order valence-corrected chi connectivity index (χ4v) is 3.22. The molecule has 1 aromatic rings. The van der Waals surface area contributed by atoms with Gasteiger partial charge in [-0.3, -0.25) is 4.55 Å². The van der Waals surface area contributed by atoms with E-state index in [0.717, 1.165) is 0 Å². The number of rotatable bonds is 3. The van der Waals surface area contributed by atoms with Crippen molar-refractivity contribution in [3.8, 4) is 11.8 Å². The third kappa shape index (κ3) is 3.58. The summed E-state index contributed by atoms with van der Waals surface area (Å²) < 4.78 is 29.4. The lowest BCUT2D eigenvalue weighted by atomic mass is 10.2. The summed E-state index contributed by atoms with van der Waals surface area (Å²) in [5, 5.41) is 13.7. The van der Waals surface area contributed by atoms with Crippen molar-refractivity contribution in [3.63, 3.8) is 0 Å². The Hall–Kier alpha value is -1.01. The quantitative estimate of drug-likeness (QED) is 0.378. The highest BCUT2D eigenvalue weighted by Gasteiger charge is 2.42. The molecule has 1 aliphatic rings. The van der Waals surface area contributed by atoms with Gasteiger partial charge >= 0.3 is 0 Å². The fraction of sp³-hybridized carbons (Fsp3) is 0.429. The number of hydroxylamine groups is 2. The van der Waals surface area contributed by atoms with E-state index >= 15 is 0 Å². The third-order valence-corrected chi connectivity index (χ3v) is 5.12. The van der Waals surface area contributed by atoms with Crippen LogP contribution in [-0.4, -0.2) is 38.0 Å². The maximum Gasteiger partial charge on any atom is 0.276 e.